The summed E-state index contributed by atoms with van der Waals surface area (Å²) in [5.74, 6) is 5.85. The van der Waals surface area contributed by atoms with E-state index in [2.05, 4.69) is 24.3 Å². The maximum Gasteiger partial charge on any atom is 0.126 e. The molecule has 1 aliphatic carbocycles. The third-order valence-corrected chi connectivity index (χ3v) is 8.26. The number of fused-ring (bicyclic) bond motifs is 8. The van der Waals surface area contributed by atoms with Crippen molar-refractivity contribution in [2.75, 3.05) is 56.9 Å². The molecule has 0 spiro atoms. The quantitative estimate of drug-likeness (QED) is 0.202. The van der Waals surface area contributed by atoms with Gasteiger partial charge in [0.05, 0.1) is 56.9 Å². The molecule has 0 aromatic heterocycles. The lowest BCUT2D eigenvalue weighted by Crippen LogP contribution is -2.06. The molecule has 8 nitrogen and oxygen atoms in total. The summed E-state index contributed by atoms with van der Waals surface area (Å²) in [6.45, 7) is 0. The molecule has 0 radical (unpaired) electrons. The van der Waals surface area contributed by atoms with E-state index in [1.165, 1.54) is 0 Å². The SMILES string of the molecule is COc1cc(OC)c2cc1Cc1cc(c(OC)cc1OC)Cc1cc(c(OC)cc1OC)Cc1cc(c(OC)cc1OC)C2. The number of hydrogen-bond donors (Lipinski definition) is 0. The largest absolute Gasteiger partial charge is 0.496 e. The van der Waals surface area contributed by atoms with E-state index in [9.17, 15) is 0 Å². The van der Waals surface area contributed by atoms with Gasteiger partial charge in [-0.15, -0.1) is 0 Å². The van der Waals surface area contributed by atoms with Gasteiger partial charge in [0.2, 0.25) is 0 Å². The van der Waals surface area contributed by atoms with E-state index >= 15 is 0 Å². The summed E-state index contributed by atoms with van der Waals surface area (Å²) < 4.78 is 46.8. The zero-order valence-electron chi connectivity index (χ0n) is 26.7. The maximum atomic E-state index is 5.85. The van der Waals surface area contributed by atoms with Crippen LogP contribution in [-0.2, 0) is 25.7 Å². The Morgan fingerprint density at radius 1 is 0.250 bits per heavy atom. The van der Waals surface area contributed by atoms with Crippen molar-refractivity contribution in [1.29, 1.82) is 0 Å². The van der Waals surface area contributed by atoms with Crippen LogP contribution >= 0.6 is 0 Å². The molecule has 5 rings (SSSR count). The van der Waals surface area contributed by atoms with Gasteiger partial charge in [-0.25, -0.2) is 0 Å². The zero-order valence-corrected chi connectivity index (χ0v) is 26.7. The Bertz CT molecular complexity index is 1310. The van der Waals surface area contributed by atoms with Crippen LogP contribution in [0.15, 0.2) is 48.5 Å². The molecule has 0 aliphatic heterocycles. The smallest absolute Gasteiger partial charge is 0.126 e. The second kappa shape index (κ2) is 13.3. The van der Waals surface area contributed by atoms with Gasteiger partial charge in [0.25, 0.3) is 0 Å². The molecule has 0 amide bonds. The van der Waals surface area contributed by atoms with Gasteiger partial charge < -0.3 is 37.9 Å². The summed E-state index contributed by atoms with van der Waals surface area (Å²) in [6, 6.07) is 16.4. The second-order valence-electron chi connectivity index (χ2n) is 10.6. The average Bonchev–Trinajstić information content (AvgIpc) is 3.04. The van der Waals surface area contributed by atoms with Gasteiger partial charge in [0.1, 0.15) is 46.0 Å². The van der Waals surface area contributed by atoms with Crippen molar-refractivity contribution in [3.05, 3.63) is 93.0 Å². The molecule has 4 aromatic rings. The van der Waals surface area contributed by atoms with E-state index in [1.807, 2.05) is 24.3 Å². The first-order valence-electron chi connectivity index (χ1n) is 14.3. The summed E-state index contributed by atoms with van der Waals surface area (Å²) >= 11 is 0. The van der Waals surface area contributed by atoms with E-state index in [0.717, 1.165) is 90.5 Å². The number of rotatable bonds is 8. The van der Waals surface area contributed by atoms with Gasteiger partial charge >= 0.3 is 0 Å². The normalized spacial score (nSPS) is 12.2. The molecule has 0 saturated carbocycles. The Hall–Kier alpha value is -4.72. The molecule has 0 fully saturated rings. The van der Waals surface area contributed by atoms with E-state index < -0.39 is 0 Å². The number of methoxy groups -OCH3 is 8. The number of benzene rings is 4. The second-order valence-corrected chi connectivity index (χ2v) is 10.6. The van der Waals surface area contributed by atoms with Crippen molar-refractivity contribution >= 4 is 0 Å². The fraction of sp³-hybridized carbons (Fsp3) is 0.333. The predicted molar refractivity (Wildman–Crippen MR) is 169 cm³/mol. The molecule has 0 unspecified atom stereocenters. The number of hydrogen-bond acceptors (Lipinski definition) is 8. The molecule has 0 N–H and O–H groups in total. The monoisotopic (exact) mass is 600 g/mol. The summed E-state index contributed by atoms with van der Waals surface area (Å²) in [6.07, 6.45) is 2.26. The van der Waals surface area contributed by atoms with Crippen molar-refractivity contribution in [3.8, 4) is 46.0 Å². The average molecular weight is 601 g/mol. The van der Waals surface area contributed by atoms with Gasteiger partial charge in [-0.1, -0.05) is 0 Å². The molecule has 0 saturated heterocycles. The molecular formula is C36H40O8. The van der Waals surface area contributed by atoms with E-state index in [4.69, 9.17) is 37.9 Å². The molecular weight excluding hydrogens is 560 g/mol. The Morgan fingerprint density at radius 3 is 0.500 bits per heavy atom. The first-order valence-corrected chi connectivity index (χ1v) is 14.3. The third-order valence-electron chi connectivity index (χ3n) is 8.26. The van der Waals surface area contributed by atoms with Crippen LogP contribution in [0.1, 0.15) is 44.5 Å². The first-order chi connectivity index (χ1) is 21.4. The summed E-state index contributed by atoms with van der Waals surface area (Å²) in [5, 5.41) is 0. The van der Waals surface area contributed by atoms with Crippen LogP contribution in [0, 0.1) is 0 Å². The molecule has 44 heavy (non-hydrogen) atoms. The van der Waals surface area contributed by atoms with Crippen LogP contribution in [0.4, 0.5) is 0 Å². The lowest BCUT2D eigenvalue weighted by atomic mass is 9.91. The van der Waals surface area contributed by atoms with Crippen LogP contribution in [-0.4, -0.2) is 56.9 Å². The van der Waals surface area contributed by atoms with Crippen LogP contribution in [0.5, 0.6) is 46.0 Å². The highest BCUT2D eigenvalue weighted by Gasteiger charge is 2.22. The van der Waals surface area contributed by atoms with E-state index in [1.54, 1.807) is 56.9 Å². The summed E-state index contributed by atoms with van der Waals surface area (Å²) in [4.78, 5) is 0. The van der Waals surface area contributed by atoms with E-state index in [0.29, 0.717) is 25.7 Å². The molecule has 232 valence electrons. The highest BCUT2D eigenvalue weighted by atomic mass is 16.5. The molecule has 0 heterocycles. The highest BCUT2D eigenvalue weighted by molar-refractivity contribution is 5.58. The van der Waals surface area contributed by atoms with Gasteiger partial charge in [-0.3, -0.25) is 0 Å². The Morgan fingerprint density at radius 2 is 0.386 bits per heavy atom. The fourth-order valence-corrected chi connectivity index (χ4v) is 6.07. The molecule has 8 bridgehead atoms. The first kappa shape index (κ1) is 30.7. The Labute approximate surface area is 259 Å². The predicted octanol–water partition coefficient (Wildman–Crippen LogP) is 6.43. The van der Waals surface area contributed by atoms with Crippen LogP contribution in [0.2, 0.25) is 0 Å². The van der Waals surface area contributed by atoms with Gasteiger partial charge in [0, 0.05) is 49.9 Å². The fourth-order valence-electron chi connectivity index (χ4n) is 6.07. The van der Waals surface area contributed by atoms with Gasteiger partial charge in [0.15, 0.2) is 0 Å². The summed E-state index contributed by atoms with van der Waals surface area (Å²) in [5.41, 5.74) is 8.01. The van der Waals surface area contributed by atoms with Crippen molar-refractivity contribution < 1.29 is 37.9 Å². The van der Waals surface area contributed by atoms with Crippen LogP contribution < -0.4 is 37.9 Å². The summed E-state index contributed by atoms with van der Waals surface area (Å²) in [7, 11) is 13.4. The minimum Gasteiger partial charge on any atom is -0.496 e. The highest BCUT2D eigenvalue weighted by Crippen LogP contribution is 2.41. The van der Waals surface area contributed by atoms with Gasteiger partial charge in [-0.2, -0.15) is 0 Å². The van der Waals surface area contributed by atoms with Crippen LogP contribution in [0.25, 0.3) is 0 Å². The lowest BCUT2D eigenvalue weighted by molar-refractivity contribution is 0.382. The van der Waals surface area contributed by atoms with Crippen molar-refractivity contribution in [2.45, 2.75) is 25.7 Å². The molecule has 8 heteroatoms. The lowest BCUT2D eigenvalue weighted by Gasteiger charge is -2.21. The topological polar surface area (TPSA) is 73.8 Å². The minimum absolute atomic E-state index is 0.566. The number of ether oxygens (including phenoxy) is 8. The maximum absolute atomic E-state index is 5.85. The standard InChI is InChI=1S/C36H40O8/c1-37-29-17-30(38-2)22-9-21(29)13-23-10-24(32(40-4)18-31(23)39-3)15-27-12-28(36(44-8)20-35(27)43-7)16-26-11-25(14-22)33(41-5)19-34(26)42-6/h9-12,17-20H,13-16H2,1-8H3. The van der Waals surface area contributed by atoms with Crippen molar-refractivity contribution in [1.82, 2.24) is 0 Å². The van der Waals surface area contributed by atoms with Crippen LogP contribution in [0.3, 0.4) is 0 Å². The van der Waals surface area contributed by atoms with E-state index in [-0.39, 0.29) is 0 Å². The Kier molecular flexibility index (Phi) is 9.28. The van der Waals surface area contributed by atoms with Crippen molar-refractivity contribution in [3.63, 3.8) is 0 Å². The molecule has 1 aliphatic rings. The minimum atomic E-state index is 0.566. The Balaban J connectivity index is 1.82. The van der Waals surface area contributed by atoms with Gasteiger partial charge in [-0.05, 0) is 68.8 Å². The third kappa shape index (κ3) is 5.89. The van der Waals surface area contributed by atoms with Crippen molar-refractivity contribution in [2.24, 2.45) is 0 Å². The molecule has 4 aromatic carbocycles. The zero-order chi connectivity index (χ0) is 31.4. The molecule has 0 atom stereocenters.